The van der Waals surface area contributed by atoms with E-state index in [1.807, 2.05) is 11.6 Å². The molecule has 0 radical (unpaired) electrons. The number of carbonyl (C=O) groups excluding carboxylic acids is 1. The van der Waals surface area contributed by atoms with Gasteiger partial charge in [-0.05, 0) is 49.6 Å². The quantitative estimate of drug-likeness (QED) is 0.663. The van der Waals surface area contributed by atoms with Gasteiger partial charge < -0.3 is 11.1 Å². The molecule has 0 saturated heterocycles. The van der Waals surface area contributed by atoms with E-state index in [0.29, 0.717) is 12.5 Å². The van der Waals surface area contributed by atoms with Crippen molar-refractivity contribution in [2.24, 2.45) is 5.73 Å². The maximum Gasteiger partial charge on any atom is 0.237 e. The van der Waals surface area contributed by atoms with Crippen LogP contribution in [0.2, 0.25) is 0 Å². The Kier molecular flexibility index (Phi) is 5.21. The van der Waals surface area contributed by atoms with Crippen molar-refractivity contribution in [1.82, 2.24) is 25.5 Å². The Balaban J connectivity index is 1.96. The minimum Gasteiger partial charge on any atom is -0.368 e. The summed E-state index contributed by atoms with van der Waals surface area (Å²) in [5, 5.41) is 16.2. The van der Waals surface area contributed by atoms with E-state index in [1.54, 1.807) is 11.8 Å². The highest BCUT2D eigenvalue weighted by Crippen LogP contribution is 2.37. The first-order valence-electron chi connectivity index (χ1n) is 7.45. The molecule has 1 aliphatic rings. The summed E-state index contributed by atoms with van der Waals surface area (Å²) in [6.45, 7) is 6.78. The van der Waals surface area contributed by atoms with Crippen LogP contribution < -0.4 is 11.1 Å². The predicted molar refractivity (Wildman–Crippen MR) is 81.9 cm³/mol. The highest BCUT2D eigenvalue weighted by atomic mass is 32.2. The second kappa shape index (κ2) is 6.74. The van der Waals surface area contributed by atoms with Crippen LogP contribution in [0.5, 0.6) is 0 Å². The van der Waals surface area contributed by atoms with Crippen molar-refractivity contribution in [3.63, 3.8) is 0 Å². The first-order chi connectivity index (χ1) is 9.96. The molecule has 1 fully saturated rings. The molecule has 1 aromatic rings. The fraction of sp³-hybridized carbons (Fsp3) is 0.846. The van der Waals surface area contributed by atoms with Crippen LogP contribution in [0.25, 0.3) is 0 Å². The molecule has 3 N–H and O–H groups in total. The Morgan fingerprint density at radius 1 is 1.62 bits per heavy atom. The standard InChI is InChI=1S/C13H24N6OS/c1-4-7-15-13(3,11(14)20)8-9(2)21-12-16-17-18-19(12)10-5-6-10/h9-10,15H,4-8H2,1-3H3,(H2,14,20). The molecule has 8 heteroatoms. The van der Waals surface area contributed by atoms with Crippen LogP contribution in [0.4, 0.5) is 0 Å². The smallest absolute Gasteiger partial charge is 0.237 e. The lowest BCUT2D eigenvalue weighted by molar-refractivity contribution is -0.124. The number of amides is 1. The van der Waals surface area contributed by atoms with Crippen molar-refractivity contribution < 1.29 is 4.79 Å². The second-order valence-electron chi connectivity index (χ2n) is 5.89. The van der Waals surface area contributed by atoms with Crippen LogP contribution in [0.15, 0.2) is 5.16 Å². The van der Waals surface area contributed by atoms with Crippen molar-refractivity contribution in [3.05, 3.63) is 0 Å². The topological polar surface area (TPSA) is 98.7 Å². The summed E-state index contributed by atoms with van der Waals surface area (Å²) >= 11 is 1.60. The molecule has 2 rings (SSSR count). The zero-order valence-electron chi connectivity index (χ0n) is 12.9. The third-order valence-corrected chi connectivity index (χ3v) is 4.72. The number of tetrazole rings is 1. The number of hydrogen-bond acceptors (Lipinski definition) is 6. The van der Waals surface area contributed by atoms with E-state index in [2.05, 4.69) is 34.7 Å². The summed E-state index contributed by atoms with van der Waals surface area (Å²) in [5.41, 5.74) is 4.87. The van der Waals surface area contributed by atoms with Crippen LogP contribution in [-0.2, 0) is 4.79 Å². The van der Waals surface area contributed by atoms with Crippen molar-refractivity contribution in [2.75, 3.05) is 6.54 Å². The molecule has 0 bridgehead atoms. The Morgan fingerprint density at radius 2 is 2.33 bits per heavy atom. The maximum atomic E-state index is 11.8. The molecule has 118 valence electrons. The first kappa shape index (κ1) is 16.2. The molecule has 21 heavy (non-hydrogen) atoms. The van der Waals surface area contributed by atoms with Crippen LogP contribution in [0.3, 0.4) is 0 Å². The van der Waals surface area contributed by atoms with Gasteiger partial charge in [-0.25, -0.2) is 4.68 Å². The first-order valence-corrected chi connectivity index (χ1v) is 8.33. The number of carbonyl (C=O) groups is 1. The normalized spacial score (nSPS) is 19.2. The van der Waals surface area contributed by atoms with Gasteiger partial charge in [0.2, 0.25) is 11.1 Å². The number of aromatic nitrogens is 4. The van der Waals surface area contributed by atoms with E-state index >= 15 is 0 Å². The third kappa shape index (κ3) is 4.16. The molecule has 2 atom stereocenters. The van der Waals surface area contributed by atoms with Crippen LogP contribution in [0.1, 0.15) is 52.5 Å². The minimum atomic E-state index is -0.694. The summed E-state index contributed by atoms with van der Waals surface area (Å²) in [7, 11) is 0. The Hall–Kier alpha value is -1.15. The summed E-state index contributed by atoms with van der Waals surface area (Å²) < 4.78 is 1.89. The summed E-state index contributed by atoms with van der Waals surface area (Å²) in [4.78, 5) is 11.8. The van der Waals surface area contributed by atoms with Gasteiger partial charge in [-0.1, -0.05) is 25.6 Å². The minimum absolute atomic E-state index is 0.190. The van der Waals surface area contributed by atoms with Crippen molar-refractivity contribution >= 4 is 17.7 Å². The number of nitrogens with two attached hydrogens (primary N) is 1. The Labute approximate surface area is 129 Å². The molecule has 1 saturated carbocycles. The molecule has 1 aromatic heterocycles. The number of primary amides is 1. The van der Waals surface area contributed by atoms with Gasteiger partial charge in [0.15, 0.2) is 0 Å². The molecule has 1 heterocycles. The van der Waals surface area contributed by atoms with E-state index in [0.717, 1.165) is 31.0 Å². The van der Waals surface area contributed by atoms with Crippen molar-refractivity contribution in [1.29, 1.82) is 0 Å². The lowest BCUT2D eigenvalue weighted by Gasteiger charge is -2.29. The number of nitrogens with zero attached hydrogens (tertiary/aromatic N) is 4. The van der Waals surface area contributed by atoms with Gasteiger partial charge in [-0.3, -0.25) is 4.79 Å². The van der Waals surface area contributed by atoms with E-state index in [1.165, 1.54) is 0 Å². The van der Waals surface area contributed by atoms with Crippen LogP contribution in [0, 0.1) is 0 Å². The Bertz CT molecular complexity index is 489. The van der Waals surface area contributed by atoms with Gasteiger partial charge in [0.25, 0.3) is 0 Å². The molecule has 0 aromatic carbocycles. The summed E-state index contributed by atoms with van der Waals surface area (Å²) in [6.07, 6.45) is 3.89. The highest BCUT2D eigenvalue weighted by Gasteiger charge is 2.34. The zero-order valence-corrected chi connectivity index (χ0v) is 13.7. The average Bonchev–Trinajstić information content (AvgIpc) is 3.17. The molecular formula is C13H24N6OS. The number of rotatable bonds is 9. The Morgan fingerprint density at radius 3 is 2.90 bits per heavy atom. The SMILES string of the molecule is CCCNC(C)(CC(C)Sc1nnnn1C1CC1)C(N)=O. The number of thioether (sulfide) groups is 1. The second-order valence-corrected chi connectivity index (χ2v) is 7.30. The summed E-state index contributed by atoms with van der Waals surface area (Å²) in [6, 6.07) is 0.454. The van der Waals surface area contributed by atoms with Gasteiger partial charge in [-0.2, -0.15) is 0 Å². The average molecular weight is 312 g/mol. The van der Waals surface area contributed by atoms with Crippen LogP contribution in [-0.4, -0.2) is 43.4 Å². The monoisotopic (exact) mass is 312 g/mol. The molecule has 1 aliphatic carbocycles. The van der Waals surface area contributed by atoms with E-state index in [9.17, 15) is 4.79 Å². The maximum absolute atomic E-state index is 11.8. The van der Waals surface area contributed by atoms with Crippen molar-refractivity contribution in [2.45, 2.75) is 68.4 Å². The van der Waals surface area contributed by atoms with Gasteiger partial charge in [0, 0.05) is 5.25 Å². The highest BCUT2D eigenvalue weighted by molar-refractivity contribution is 7.99. The molecule has 0 spiro atoms. The molecule has 2 unspecified atom stereocenters. The summed E-state index contributed by atoms with van der Waals surface area (Å²) in [5.74, 6) is -0.315. The molecule has 0 aliphatic heterocycles. The number of nitrogens with one attached hydrogen (secondary N) is 1. The van der Waals surface area contributed by atoms with Gasteiger partial charge in [0.05, 0.1) is 11.6 Å². The van der Waals surface area contributed by atoms with Crippen molar-refractivity contribution in [3.8, 4) is 0 Å². The zero-order chi connectivity index (χ0) is 15.5. The lowest BCUT2D eigenvalue weighted by atomic mass is 9.95. The fourth-order valence-corrected chi connectivity index (χ4v) is 3.42. The largest absolute Gasteiger partial charge is 0.368 e. The van der Waals surface area contributed by atoms with E-state index < -0.39 is 5.54 Å². The van der Waals surface area contributed by atoms with Gasteiger partial charge in [0.1, 0.15) is 0 Å². The van der Waals surface area contributed by atoms with E-state index in [-0.39, 0.29) is 11.2 Å². The fourth-order valence-electron chi connectivity index (χ4n) is 2.27. The predicted octanol–water partition coefficient (Wildman–Crippen LogP) is 1.12. The molecule has 1 amide bonds. The van der Waals surface area contributed by atoms with Crippen LogP contribution >= 0.6 is 11.8 Å². The number of hydrogen-bond donors (Lipinski definition) is 2. The molecular weight excluding hydrogens is 288 g/mol. The van der Waals surface area contributed by atoms with Gasteiger partial charge in [-0.15, -0.1) is 5.10 Å². The van der Waals surface area contributed by atoms with Gasteiger partial charge >= 0.3 is 0 Å². The molecule has 7 nitrogen and oxygen atoms in total. The van der Waals surface area contributed by atoms with E-state index in [4.69, 9.17) is 5.73 Å². The third-order valence-electron chi connectivity index (χ3n) is 3.67. The lowest BCUT2D eigenvalue weighted by Crippen LogP contribution is -2.54.